The van der Waals surface area contributed by atoms with Gasteiger partial charge in [-0.15, -0.1) is 0 Å². The molecule has 1 unspecified atom stereocenters. The van der Waals surface area contributed by atoms with Crippen molar-refractivity contribution >= 4 is 0 Å². The van der Waals surface area contributed by atoms with Crippen LogP contribution in [-0.2, 0) is 4.74 Å². The third kappa shape index (κ3) is 3.09. The van der Waals surface area contributed by atoms with Gasteiger partial charge in [-0.05, 0) is 56.2 Å². The third-order valence-electron chi connectivity index (χ3n) is 3.81. The molecule has 3 heteroatoms. The van der Waals surface area contributed by atoms with Crippen molar-refractivity contribution in [3.8, 4) is 0 Å². The molecule has 0 saturated heterocycles. The Morgan fingerprint density at radius 1 is 1.44 bits per heavy atom. The summed E-state index contributed by atoms with van der Waals surface area (Å²) < 4.78 is 19.0. The van der Waals surface area contributed by atoms with Gasteiger partial charge in [-0.25, -0.2) is 4.39 Å². The highest BCUT2D eigenvalue weighted by molar-refractivity contribution is 5.25. The van der Waals surface area contributed by atoms with Crippen LogP contribution in [0.4, 0.5) is 4.39 Å². The van der Waals surface area contributed by atoms with E-state index in [4.69, 9.17) is 10.5 Å². The topological polar surface area (TPSA) is 35.2 Å². The molecule has 1 aromatic carbocycles. The summed E-state index contributed by atoms with van der Waals surface area (Å²) in [6, 6.07) is 5.24. The monoisotopic (exact) mass is 251 g/mol. The maximum absolute atomic E-state index is 13.5. The van der Waals surface area contributed by atoms with Crippen molar-refractivity contribution < 1.29 is 9.13 Å². The van der Waals surface area contributed by atoms with E-state index in [0.29, 0.717) is 17.6 Å². The van der Waals surface area contributed by atoms with Gasteiger partial charge in [-0.2, -0.15) is 0 Å². The molecule has 0 radical (unpaired) electrons. The third-order valence-corrected chi connectivity index (χ3v) is 3.81. The van der Waals surface area contributed by atoms with Crippen molar-refractivity contribution in [1.82, 2.24) is 0 Å². The van der Waals surface area contributed by atoms with Crippen molar-refractivity contribution in [2.75, 3.05) is 6.61 Å². The second kappa shape index (κ2) is 5.81. The van der Waals surface area contributed by atoms with E-state index in [1.165, 1.54) is 0 Å². The minimum absolute atomic E-state index is 0.0623. The Balaban J connectivity index is 1.85. The van der Waals surface area contributed by atoms with E-state index < -0.39 is 0 Å². The van der Waals surface area contributed by atoms with E-state index in [0.717, 1.165) is 31.4 Å². The zero-order chi connectivity index (χ0) is 13.1. The molecule has 0 heterocycles. The van der Waals surface area contributed by atoms with Crippen LogP contribution in [0, 0.1) is 18.7 Å². The molecule has 0 aliphatic heterocycles. The number of hydrogen-bond donors (Lipinski definition) is 1. The summed E-state index contributed by atoms with van der Waals surface area (Å²) in [6.45, 7) is 4.57. The van der Waals surface area contributed by atoms with Gasteiger partial charge < -0.3 is 10.5 Å². The lowest BCUT2D eigenvalue weighted by Crippen LogP contribution is -2.33. The first-order valence-electron chi connectivity index (χ1n) is 6.73. The Morgan fingerprint density at radius 2 is 2.17 bits per heavy atom. The lowest BCUT2D eigenvalue weighted by molar-refractivity contribution is -0.0282. The quantitative estimate of drug-likeness (QED) is 0.871. The molecule has 2 rings (SSSR count). The fourth-order valence-corrected chi connectivity index (χ4v) is 2.57. The predicted molar refractivity (Wildman–Crippen MR) is 70.8 cm³/mol. The molecular weight excluding hydrogens is 229 g/mol. The van der Waals surface area contributed by atoms with E-state index in [-0.39, 0.29) is 11.9 Å². The van der Waals surface area contributed by atoms with E-state index >= 15 is 0 Å². The van der Waals surface area contributed by atoms with Gasteiger partial charge in [-0.3, -0.25) is 0 Å². The molecule has 0 bridgehead atoms. The average molecular weight is 251 g/mol. The maximum Gasteiger partial charge on any atom is 0.126 e. The van der Waals surface area contributed by atoms with Crippen LogP contribution in [-0.4, -0.2) is 12.7 Å². The lowest BCUT2D eigenvalue weighted by Gasteiger charge is -2.36. The molecule has 1 fully saturated rings. The number of nitrogens with two attached hydrogens (primary N) is 1. The van der Waals surface area contributed by atoms with Gasteiger partial charge in [0.2, 0.25) is 0 Å². The molecular formula is C15H22FNO. The molecule has 1 aliphatic carbocycles. The van der Waals surface area contributed by atoms with Crippen LogP contribution in [0.15, 0.2) is 18.2 Å². The van der Waals surface area contributed by atoms with Gasteiger partial charge in [0, 0.05) is 12.6 Å². The van der Waals surface area contributed by atoms with Crippen molar-refractivity contribution in [2.45, 2.75) is 45.3 Å². The van der Waals surface area contributed by atoms with Crippen LogP contribution in [0.25, 0.3) is 0 Å². The van der Waals surface area contributed by atoms with Crippen molar-refractivity contribution in [2.24, 2.45) is 11.7 Å². The standard InChI is InChI=1S/C15H22FNO/c1-3-18-13-6-11(7-13)8-15(17)12-5-4-10(2)14(16)9-12/h4-5,9,11,13,15H,3,6-8,17H2,1-2H3. The van der Waals surface area contributed by atoms with E-state index in [2.05, 4.69) is 0 Å². The first kappa shape index (κ1) is 13.5. The SMILES string of the molecule is CCOC1CC(CC(N)c2ccc(C)c(F)c2)C1. The van der Waals surface area contributed by atoms with Crippen LogP contribution < -0.4 is 5.73 Å². The second-order valence-electron chi connectivity index (χ2n) is 5.27. The minimum Gasteiger partial charge on any atom is -0.378 e. The Hall–Kier alpha value is -0.930. The van der Waals surface area contributed by atoms with Crippen LogP contribution in [0.5, 0.6) is 0 Å². The number of rotatable bonds is 5. The van der Waals surface area contributed by atoms with Gasteiger partial charge >= 0.3 is 0 Å². The number of aryl methyl sites for hydroxylation is 1. The van der Waals surface area contributed by atoms with Crippen molar-refractivity contribution in [3.05, 3.63) is 35.1 Å². The highest BCUT2D eigenvalue weighted by Gasteiger charge is 2.30. The molecule has 0 spiro atoms. The summed E-state index contributed by atoms with van der Waals surface area (Å²) in [7, 11) is 0. The Labute approximate surface area is 108 Å². The highest BCUT2D eigenvalue weighted by Crippen LogP contribution is 2.36. The van der Waals surface area contributed by atoms with E-state index in [1.807, 2.05) is 13.0 Å². The number of ether oxygens (including phenoxy) is 1. The number of benzene rings is 1. The van der Waals surface area contributed by atoms with Gasteiger partial charge in [-0.1, -0.05) is 12.1 Å². The summed E-state index contributed by atoms with van der Waals surface area (Å²) in [5, 5.41) is 0. The minimum atomic E-state index is -0.163. The molecule has 0 aromatic heterocycles. The largest absolute Gasteiger partial charge is 0.378 e. The molecule has 2 N–H and O–H groups in total. The molecule has 1 aromatic rings. The first-order chi connectivity index (χ1) is 8.60. The van der Waals surface area contributed by atoms with Crippen LogP contribution in [0.1, 0.15) is 43.4 Å². The fourth-order valence-electron chi connectivity index (χ4n) is 2.57. The van der Waals surface area contributed by atoms with E-state index in [1.54, 1.807) is 19.1 Å². The molecule has 1 saturated carbocycles. The van der Waals surface area contributed by atoms with Crippen molar-refractivity contribution in [1.29, 1.82) is 0 Å². The predicted octanol–water partition coefficient (Wildman–Crippen LogP) is 3.34. The van der Waals surface area contributed by atoms with Gasteiger partial charge in [0.25, 0.3) is 0 Å². The highest BCUT2D eigenvalue weighted by atomic mass is 19.1. The fraction of sp³-hybridized carbons (Fsp3) is 0.600. The molecule has 0 amide bonds. The Morgan fingerprint density at radius 3 is 2.78 bits per heavy atom. The summed E-state index contributed by atoms with van der Waals surface area (Å²) in [5.41, 5.74) is 7.71. The van der Waals surface area contributed by atoms with Gasteiger partial charge in [0.1, 0.15) is 5.82 Å². The maximum atomic E-state index is 13.5. The van der Waals surface area contributed by atoms with Crippen LogP contribution in [0.3, 0.4) is 0 Å². The van der Waals surface area contributed by atoms with Crippen LogP contribution in [0.2, 0.25) is 0 Å². The summed E-state index contributed by atoms with van der Waals surface area (Å²) in [6.07, 6.45) is 3.53. The Bertz CT molecular complexity index is 401. The molecule has 18 heavy (non-hydrogen) atoms. The summed E-state index contributed by atoms with van der Waals surface area (Å²) in [4.78, 5) is 0. The first-order valence-corrected chi connectivity index (χ1v) is 6.73. The normalized spacial score (nSPS) is 24.7. The summed E-state index contributed by atoms with van der Waals surface area (Å²) in [5.74, 6) is 0.463. The van der Waals surface area contributed by atoms with Crippen LogP contribution >= 0.6 is 0 Å². The van der Waals surface area contributed by atoms with Gasteiger partial charge in [0.15, 0.2) is 0 Å². The summed E-state index contributed by atoms with van der Waals surface area (Å²) >= 11 is 0. The number of halogens is 1. The second-order valence-corrected chi connectivity index (χ2v) is 5.27. The molecule has 1 atom stereocenters. The smallest absolute Gasteiger partial charge is 0.126 e. The molecule has 2 nitrogen and oxygen atoms in total. The van der Waals surface area contributed by atoms with Crippen molar-refractivity contribution in [3.63, 3.8) is 0 Å². The van der Waals surface area contributed by atoms with Gasteiger partial charge in [0.05, 0.1) is 6.10 Å². The zero-order valence-electron chi connectivity index (χ0n) is 11.2. The number of hydrogen-bond acceptors (Lipinski definition) is 2. The zero-order valence-corrected chi connectivity index (χ0v) is 11.2. The lowest BCUT2D eigenvalue weighted by atomic mass is 9.77. The molecule has 1 aliphatic rings. The van der Waals surface area contributed by atoms with E-state index in [9.17, 15) is 4.39 Å². The molecule has 100 valence electrons. The average Bonchev–Trinajstić information content (AvgIpc) is 2.30. The Kier molecular flexibility index (Phi) is 4.36.